The SMILES string of the molecule is Cc1ccc(N(C)C(=O)c2ccc(C(=O)c3cnc4ccc(F)cn34)cc2)cc1. The third kappa shape index (κ3) is 3.52. The Morgan fingerprint density at radius 1 is 0.931 bits per heavy atom. The van der Waals surface area contributed by atoms with Gasteiger partial charge in [-0.2, -0.15) is 0 Å². The molecule has 0 aliphatic carbocycles. The normalized spacial score (nSPS) is 10.9. The highest BCUT2D eigenvalue weighted by Gasteiger charge is 2.17. The molecule has 0 saturated carbocycles. The molecule has 2 heterocycles. The summed E-state index contributed by atoms with van der Waals surface area (Å²) in [7, 11) is 1.71. The number of halogens is 1. The average Bonchev–Trinajstić information content (AvgIpc) is 3.16. The second-order valence-electron chi connectivity index (χ2n) is 6.83. The molecule has 0 saturated heterocycles. The summed E-state index contributed by atoms with van der Waals surface area (Å²) >= 11 is 0. The van der Waals surface area contributed by atoms with Crippen molar-refractivity contribution in [1.82, 2.24) is 9.38 Å². The van der Waals surface area contributed by atoms with Crippen molar-refractivity contribution in [2.24, 2.45) is 0 Å². The van der Waals surface area contributed by atoms with Crippen LogP contribution in [0.15, 0.2) is 73.1 Å². The van der Waals surface area contributed by atoms with Crippen LogP contribution in [-0.4, -0.2) is 28.1 Å². The monoisotopic (exact) mass is 387 g/mol. The van der Waals surface area contributed by atoms with Crippen molar-refractivity contribution in [3.8, 4) is 0 Å². The minimum absolute atomic E-state index is 0.176. The van der Waals surface area contributed by atoms with Gasteiger partial charge in [-0.15, -0.1) is 0 Å². The van der Waals surface area contributed by atoms with Gasteiger partial charge in [0.25, 0.3) is 5.91 Å². The maximum Gasteiger partial charge on any atom is 0.258 e. The Morgan fingerprint density at radius 3 is 2.28 bits per heavy atom. The van der Waals surface area contributed by atoms with E-state index >= 15 is 0 Å². The highest BCUT2D eigenvalue weighted by Crippen LogP contribution is 2.18. The molecule has 29 heavy (non-hydrogen) atoms. The zero-order valence-corrected chi connectivity index (χ0v) is 16.0. The molecule has 0 radical (unpaired) electrons. The number of aryl methyl sites for hydroxylation is 1. The van der Waals surface area contributed by atoms with Gasteiger partial charge in [0.05, 0.1) is 6.20 Å². The largest absolute Gasteiger partial charge is 0.311 e. The van der Waals surface area contributed by atoms with Crippen LogP contribution in [0.5, 0.6) is 0 Å². The molecule has 2 aromatic carbocycles. The van der Waals surface area contributed by atoms with Gasteiger partial charge in [0.15, 0.2) is 0 Å². The van der Waals surface area contributed by atoms with E-state index in [1.165, 1.54) is 28.9 Å². The van der Waals surface area contributed by atoms with E-state index in [-0.39, 0.29) is 17.4 Å². The lowest BCUT2D eigenvalue weighted by Crippen LogP contribution is -2.26. The topological polar surface area (TPSA) is 54.7 Å². The number of ketones is 1. The Kier molecular flexibility index (Phi) is 4.68. The first-order valence-corrected chi connectivity index (χ1v) is 9.06. The molecule has 0 aliphatic rings. The quantitative estimate of drug-likeness (QED) is 0.491. The summed E-state index contributed by atoms with van der Waals surface area (Å²) in [5, 5.41) is 0. The van der Waals surface area contributed by atoms with Gasteiger partial charge in [0.2, 0.25) is 5.78 Å². The molecule has 6 heteroatoms. The summed E-state index contributed by atoms with van der Waals surface area (Å²) in [5.74, 6) is -0.927. The molecule has 4 aromatic rings. The van der Waals surface area contributed by atoms with E-state index in [0.717, 1.165) is 11.3 Å². The van der Waals surface area contributed by atoms with Gasteiger partial charge in [-0.25, -0.2) is 9.37 Å². The highest BCUT2D eigenvalue weighted by molar-refractivity contribution is 6.10. The first-order valence-electron chi connectivity index (χ1n) is 9.06. The Hall–Kier alpha value is -3.80. The number of nitrogens with zero attached hydrogens (tertiary/aromatic N) is 3. The molecule has 5 nitrogen and oxygen atoms in total. The number of benzene rings is 2. The summed E-state index contributed by atoms with van der Waals surface area (Å²) in [4.78, 5) is 31.2. The number of anilines is 1. The van der Waals surface area contributed by atoms with Crippen molar-refractivity contribution in [2.45, 2.75) is 6.92 Å². The molecule has 0 bridgehead atoms. The van der Waals surface area contributed by atoms with Gasteiger partial charge in [0.1, 0.15) is 17.2 Å². The Balaban J connectivity index is 1.58. The molecule has 0 fully saturated rings. The Bertz CT molecular complexity index is 1210. The average molecular weight is 387 g/mol. The summed E-state index contributed by atoms with van der Waals surface area (Å²) in [5.41, 5.74) is 3.51. The minimum atomic E-state index is -0.454. The summed E-state index contributed by atoms with van der Waals surface area (Å²) < 4.78 is 15.0. The number of carbonyl (C=O) groups excluding carboxylic acids is 2. The van der Waals surface area contributed by atoms with E-state index in [1.807, 2.05) is 31.2 Å². The molecule has 0 N–H and O–H groups in total. The molecular weight excluding hydrogens is 369 g/mol. The highest BCUT2D eigenvalue weighted by atomic mass is 19.1. The smallest absolute Gasteiger partial charge is 0.258 e. The third-order valence-electron chi connectivity index (χ3n) is 4.82. The fraction of sp³-hybridized carbons (Fsp3) is 0.0870. The standard InChI is InChI=1S/C23H18FN3O2/c1-15-3-10-19(11-4-15)26(2)23(29)17-7-5-16(6-8-17)22(28)20-13-25-21-12-9-18(24)14-27(20)21/h3-14H,1-2H3. The Labute approximate surface area is 167 Å². The lowest BCUT2D eigenvalue weighted by Gasteiger charge is -2.17. The number of rotatable bonds is 4. The van der Waals surface area contributed by atoms with E-state index in [9.17, 15) is 14.0 Å². The van der Waals surface area contributed by atoms with Gasteiger partial charge in [0, 0.05) is 30.1 Å². The van der Waals surface area contributed by atoms with Crippen LogP contribution in [0.25, 0.3) is 5.65 Å². The van der Waals surface area contributed by atoms with Crippen LogP contribution in [0, 0.1) is 12.7 Å². The fourth-order valence-corrected chi connectivity index (χ4v) is 3.11. The predicted molar refractivity (Wildman–Crippen MR) is 109 cm³/mol. The van der Waals surface area contributed by atoms with Crippen molar-refractivity contribution >= 4 is 23.0 Å². The number of hydrogen-bond donors (Lipinski definition) is 0. The van der Waals surface area contributed by atoms with Crippen molar-refractivity contribution in [2.75, 3.05) is 11.9 Å². The Morgan fingerprint density at radius 2 is 1.59 bits per heavy atom. The van der Waals surface area contributed by atoms with Crippen LogP contribution >= 0.6 is 0 Å². The number of amides is 1. The molecule has 1 amide bonds. The van der Waals surface area contributed by atoms with Crippen LogP contribution < -0.4 is 4.90 Å². The number of carbonyl (C=O) groups is 2. The summed E-state index contributed by atoms with van der Waals surface area (Å²) in [6.07, 6.45) is 2.64. The zero-order chi connectivity index (χ0) is 20.5. The van der Waals surface area contributed by atoms with Crippen molar-refractivity contribution < 1.29 is 14.0 Å². The van der Waals surface area contributed by atoms with E-state index in [0.29, 0.717) is 16.8 Å². The number of hydrogen-bond acceptors (Lipinski definition) is 3. The van der Waals surface area contributed by atoms with Gasteiger partial charge in [-0.05, 0) is 43.3 Å². The molecule has 4 rings (SSSR count). The molecule has 0 aliphatic heterocycles. The second kappa shape index (κ2) is 7.31. The number of imidazole rings is 1. The van der Waals surface area contributed by atoms with Gasteiger partial charge in [-0.1, -0.05) is 29.8 Å². The minimum Gasteiger partial charge on any atom is -0.311 e. The maximum absolute atomic E-state index is 13.5. The van der Waals surface area contributed by atoms with E-state index < -0.39 is 5.82 Å². The van der Waals surface area contributed by atoms with Crippen molar-refractivity contribution in [3.63, 3.8) is 0 Å². The third-order valence-corrected chi connectivity index (χ3v) is 4.82. The fourth-order valence-electron chi connectivity index (χ4n) is 3.11. The van der Waals surface area contributed by atoms with Gasteiger partial charge in [-0.3, -0.25) is 14.0 Å². The van der Waals surface area contributed by atoms with Crippen LogP contribution in [0.1, 0.15) is 32.0 Å². The number of fused-ring (bicyclic) bond motifs is 1. The van der Waals surface area contributed by atoms with E-state index in [1.54, 1.807) is 36.2 Å². The van der Waals surface area contributed by atoms with Crippen LogP contribution in [0.2, 0.25) is 0 Å². The van der Waals surface area contributed by atoms with Crippen LogP contribution in [-0.2, 0) is 0 Å². The van der Waals surface area contributed by atoms with Gasteiger partial charge < -0.3 is 4.90 Å². The molecule has 144 valence electrons. The first kappa shape index (κ1) is 18.6. The van der Waals surface area contributed by atoms with Crippen molar-refractivity contribution in [1.29, 1.82) is 0 Å². The molecule has 2 aromatic heterocycles. The van der Waals surface area contributed by atoms with Crippen LogP contribution in [0.4, 0.5) is 10.1 Å². The lowest BCUT2D eigenvalue weighted by atomic mass is 10.1. The predicted octanol–water partition coefficient (Wildman–Crippen LogP) is 4.29. The first-order chi connectivity index (χ1) is 13.9. The van der Waals surface area contributed by atoms with Crippen molar-refractivity contribution in [3.05, 3.63) is 101 Å². The summed E-state index contributed by atoms with van der Waals surface area (Å²) in [6, 6.07) is 16.9. The second-order valence-corrected chi connectivity index (χ2v) is 6.83. The molecule has 0 unspecified atom stereocenters. The zero-order valence-electron chi connectivity index (χ0n) is 16.0. The number of pyridine rings is 1. The molecule has 0 atom stereocenters. The number of aromatic nitrogens is 2. The maximum atomic E-state index is 13.5. The summed E-state index contributed by atoms with van der Waals surface area (Å²) in [6.45, 7) is 1.99. The van der Waals surface area contributed by atoms with E-state index in [2.05, 4.69) is 4.98 Å². The lowest BCUT2D eigenvalue weighted by molar-refractivity contribution is 0.0990. The van der Waals surface area contributed by atoms with E-state index in [4.69, 9.17) is 0 Å². The van der Waals surface area contributed by atoms with Crippen LogP contribution in [0.3, 0.4) is 0 Å². The van der Waals surface area contributed by atoms with Gasteiger partial charge >= 0.3 is 0 Å². The molecule has 0 spiro atoms. The molecular formula is C23H18FN3O2.